The maximum Gasteiger partial charge on any atom is 0.212 e. The molecule has 0 spiro atoms. The number of benzene rings is 2. The van der Waals surface area contributed by atoms with Crippen molar-refractivity contribution in [3.63, 3.8) is 0 Å². The monoisotopic (exact) mass is 430 g/mol. The molecule has 4 aromatic rings. The normalized spacial score (nSPS) is 11.4. The van der Waals surface area contributed by atoms with Gasteiger partial charge in [-0.1, -0.05) is 25.7 Å². The number of hydrogen-bond donors (Lipinski definition) is 2. The summed E-state index contributed by atoms with van der Waals surface area (Å²) in [6.07, 6.45) is 14.4. The fourth-order valence-corrected chi connectivity index (χ4v) is 4.55. The molecule has 0 unspecified atom stereocenters. The molecule has 0 fully saturated rings. The van der Waals surface area contributed by atoms with E-state index in [1.165, 1.54) is 62.4 Å². The van der Waals surface area contributed by atoms with Gasteiger partial charge in [0.05, 0.1) is 10.8 Å². The number of rotatable bonds is 11. The molecule has 0 bridgehead atoms. The van der Waals surface area contributed by atoms with Crippen LogP contribution in [0, 0.1) is 0 Å². The molecular weight excluding hydrogens is 396 g/mol. The minimum atomic E-state index is 0.325. The minimum Gasteiger partial charge on any atom is -0.508 e. The van der Waals surface area contributed by atoms with Gasteiger partial charge >= 0.3 is 0 Å². The predicted molar refractivity (Wildman–Crippen MR) is 129 cm³/mol. The van der Waals surface area contributed by atoms with Crippen LogP contribution in [-0.4, -0.2) is 10.2 Å². The third-order valence-corrected chi connectivity index (χ3v) is 6.27. The van der Waals surface area contributed by atoms with Crippen molar-refractivity contribution in [2.45, 2.75) is 64.5 Å². The maximum absolute atomic E-state index is 9.66. The van der Waals surface area contributed by atoms with E-state index >= 15 is 0 Å². The molecule has 2 heterocycles. The first-order valence-corrected chi connectivity index (χ1v) is 11.9. The standard InChI is InChI=1S/C28H32N2O2/c31-25-13-15-27-23(21-25)11-9-19-29(27)17-7-5-3-1-2-4-6-8-18-30-20-10-12-24-22-26(32)14-16-28(24)30/h9-16,19-22H,1-8,17-18H2/p+2. The van der Waals surface area contributed by atoms with Gasteiger partial charge in [0.25, 0.3) is 0 Å². The van der Waals surface area contributed by atoms with Crippen molar-refractivity contribution >= 4 is 21.8 Å². The van der Waals surface area contributed by atoms with Crippen molar-refractivity contribution in [2.75, 3.05) is 0 Å². The molecule has 32 heavy (non-hydrogen) atoms. The number of nitrogens with zero attached hydrogens (tertiary/aromatic N) is 2. The van der Waals surface area contributed by atoms with Crippen LogP contribution in [0.15, 0.2) is 73.1 Å². The summed E-state index contributed by atoms with van der Waals surface area (Å²) in [6.45, 7) is 2.06. The second-order valence-electron chi connectivity index (χ2n) is 8.72. The Hall–Kier alpha value is -3.14. The Bertz CT molecular complexity index is 1080. The Morgan fingerprint density at radius 1 is 0.500 bits per heavy atom. The van der Waals surface area contributed by atoms with Crippen molar-refractivity contribution < 1.29 is 19.3 Å². The van der Waals surface area contributed by atoms with Crippen LogP contribution >= 0.6 is 0 Å². The lowest BCUT2D eigenvalue weighted by Crippen LogP contribution is -2.33. The van der Waals surface area contributed by atoms with Crippen molar-refractivity contribution in [1.29, 1.82) is 0 Å². The van der Waals surface area contributed by atoms with Gasteiger partial charge in [0.2, 0.25) is 11.0 Å². The van der Waals surface area contributed by atoms with Crippen LogP contribution in [0.4, 0.5) is 0 Å². The fraction of sp³-hybridized carbons (Fsp3) is 0.357. The first-order chi connectivity index (χ1) is 15.7. The lowest BCUT2D eigenvalue weighted by atomic mass is 10.1. The molecule has 0 aliphatic heterocycles. The second-order valence-corrected chi connectivity index (χ2v) is 8.72. The highest BCUT2D eigenvalue weighted by molar-refractivity contribution is 5.77. The molecule has 0 amide bonds. The Morgan fingerprint density at radius 2 is 0.906 bits per heavy atom. The lowest BCUT2D eigenvalue weighted by molar-refractivity contribution is -0.672. The average molecular weight is 431 g/mol. The first-order valence-electron chi connectivity index (χ1n) is 11.9. The molecule has 4 nitrogen and oxygen atoms in total. The number of phenolic OH excluding ortho intramolecular Hbond substituents is 2. The molecule has 0 radical (unpaired) electrons. The summed E-state index contributed by atoms with van der Waals surface area (Å²) in [5, 5.41) is 21.5. The molecule has 166 valence electrons. The molecule has 0 aliphatic carbocycles. The molecule has 2 aromatic carbocycles. The van der Waals surface area contributed by atoms with Crippen LogP contribution < -0.4 is 9.13 Å². The SMILES string of the molecule is Oc1ccc2c(ccc[n+]2CCCCCCCCCC[n+]2cccc3cc(O)ccc32)c1. The Labute approximate surface area is 190 Å². The Kier molecular flexibility index (Phi) is 7.55. The second kappa shape index (κ2) is 10.9. The number of unbranched alkanes of at least 4 members (excludes halogenated alkanes) is 7. The Balaban J connectivity index is 1.10. The highest BCUT2D eigenvalue weighted by Gasteiger charge is 2.09. The van der Waals surface area contributed by atoms with Crippen LogP contribution in [0.1, 0.15) is 51.4 Å². The number of aromatic hydroxyl groups is 2. The van der Waals surface area contributed by atoms with E-state index in [-0.39, 0.29) is 0 Å². The van der Waals surface area contributed by atoms with Gasteiger partial charge in [0.15, 0.2) is 12.4 Å². The van der Waals surface area contributed by atoms with E-state index in [1.807, 2.05) is 24.3 Å². The zero-order chi connectivity index (χ0) is 22.2. The fourth-order valence-electron chi connectivity index (χ4n) is 4.55. The lowest BCUT2D eigenvalue weighted by Gasteiger charge is -2.04. The quantitative estimate of drug-likeness (QED) is 0.233. The van der Waals surface area contributed by atoms with E-state index in [4.69, 9.17) is 0 Å². The van der Waals surface area contributed by atoms with Crippen LogP contribution in [0.2, 0.25) is 0 Å². The number of pyridine rings is 2. The van der Waals surface area contributed by atoms with E-state index in [1.54, 1.807) is 12.1 Å². The summed E-state index contributed by atoms with van der Waals surface area (Å²) in [6, 6.07) is 19.4. The van der Waals surface area contributed by atoms with E-state index < -0.39 is 0 Å². The van der Waals surface area contributed by atoms with Gasteiger partial charge in [-0.15, -0.1) is 0 Å². The number of aromatic nitrogens is 2. The summed E-state index contributed by atoms with van der Waals surface area (Å²) in [4.78, 5) is 0. The van der Waals surface area contributed by atoms with Crippen LogP contribution in [0.3, 0.4) is 0 Å². The first kappa shape index (κ1) is 22.1. The molecule has 2 aromatic heterocycles. The highest BCUT2D eigenvalue weighted by Crippen LogP contribution is 2.18. The van der Waals surface area contributed by atoms with Gasteiger partial charge in [0.1, 0.15) is 24.6 Å². The summed E-state index contributed by atoms with van der Waals surface area (Å²) < 4.78 is 4.59. The Morgan fingerprint density at radius 3 is 1.34 bits per heavy atom. The summed E-state index contributed by atoms with van der Waals surface area (Å²) in [5.74, 6) is 0.650. The number of fused-ring (bicyclic) bond motifs is 2. The zero-order valence-electron chi connectivity index (χ0n) is 18.8. The summed E-state index contributed by atoms with van der Waals surface area (Å²) >= 11 is 0. The molecule has 0 saturated heterocycles. The van der Waals surface area contributed by atoms with Gasteiger partial charge in [-0.3, -0.25) is 0 Å². The topological polar surface area (TPSA) is 48.2 Å². The number of aryl methyl sites for hydroxylation is 2. The van der Waals surface area contributed by atoms with Gasteiger partial charge < -0.3 is 10.2 Å². The third-order valence-electron chi connectivity index (χ3n) is 6.27. The maximum atomic E-state index is 9.66. The summed E-state index contributed by atoms with van der Waals surface area (Å²) in [7, 11) is 0. The van der Waals surface area contributed by atoms with Crippen LogP contribution in [0.25, 0.3) is 21.8 Å². The minimum absolute atomic E-state index is 0.325. The summed E-state index contributed by atoms with van der Waals surface area (Å²) in [5.41, 5.74) is 2.37. The molecule has 4 rings (SSSR count). The van der Waals surface area contributed by atoms with Gasteiger partial charge in [-0.2, -0.15) is 9.13 Å². The van der Waals surface area contributed by atoms with E-state index in [9.17, 15) is 10.2 Å². The van der Waals surface area contributed by atoms with E-state index in [2.05, 4.69) is 45.8 Å². The average Bonchev–Trinajstić information content (AvgIpc) is 2.80. The third kappa shape index (κ3) is 5.76. The molecule has 0 aliphatic rings. The number of phenols is 2. The van der Waals surface area contributed by atoms with Crippen molar-refractivity contribution in [3.05, 3.63) is 73.1 Å². The van der Waals surface area contributed by atoms with Gasteiger partial charge in [-0.05, 0) is 49.2 Å². The smallest absolute Gasteiger partial charge is 0.212 e. The molecule has 2 N–H and O–H groups in total. The van der Waals surface area contributed by atoms with Crippen molar-refractivity contribution in [3.8, 4) is 11.5 Å². The molecule has 0 saturated carbocycles. The van der Waals surface area contributed by atoms with Crippen LogP contribution in [0.5, 0.6) is 11.5 Å². The van der Waals surface area contributed by atoms with Gasteiger partial charge in [-0.25, -0.2) is 0 Å². The van der Waals surface area contributed by atoms with Crippen LogP contribution in [-0.2, 0) is 13.1 Å². The molecule has 4 heteroatoms. The van der Waals surface area contributed by atoms with Crippen molar-refractivity contribution in [2.24, 2.45) is 0 Å². The predicted octanol–water partition coefficient (Wildman–Crippen LogP) is 5.80. The molecular formula is C28H34N2O2+2. The highest BCUT2D eigenvalue weighted by atomic mass is 16.3. The van der Waals surface area contributed by atoms with Gasteiger partial charge in [0, 0.05) is 37.1 Å². The molecule has 0 atom stereocenters. The van der Waals surface area contributed by atoms with E-state index in [0.717, 1.165) is 23.9 Å². The van der Waals surface area contributed by atoms with Crippen molar-refractivity contribution in [1.82, 2.24) is 0 Å². The van der Waals surface area contributed by atoms with E-state index in [0.29, 0.717) is 11.5 Å². The number of hydrogen-bond acceptors (Lipinski definition) is 2. The zero-order valence-corrected chi connectivity index (χ0v) is 18.8. The largest absolute Gasteiger partial charge is 0.508 e.